The molecule has 34 heavy (non-hydrogen) atoms. The van der Waals surface area contributed by atoms with Crippen LogP contribution < -0.4 is 9.47 Å². The van der Waals surface area contributed by atoms with Crippen LogP contribution >= 0.6 is 0 Å². The molecule has 0 fully saturated rings. The zero-order valence-corrected chi connectivity index (χ0v) is 26.8. The first kappa shape index (κ1) is 49.2. The lowest BCUT2D eigenvalue weighted by atomic mass is 10.0. The molecule has 2 aromatic carbocycles. The summed E-state index contributed by atoms with van der Waals surface area (Å²) < 4.78 is 10.6. The first-order valence-electron chi connectivity index (χ1n) is 14.2. The fourth-order valence-electron chi connectivity index (χ4n) is 1.85. The molecular weight excluding hydrogens is 416 g/mol. The van der Waals surface area contributed by atoms with Gasteiger partial charge in [0, 0.05) is 0 Å². The van der Waals surface area contributed by atoms with E-state index in [2.05, 4.69) is 24.3 Å². The van der Waals surface area contributed by atoms with E-state index in [0.717, 1.165) is 17.9 Å². The van der Waals surface area contributed by atoms with E-state index in [1.165, 1.54) is 11.1 Å². The SMILES string of the molecule is CC.CC.CC.CC.CC.CC.CC.CC.CCOc1ccc(Cc2ccc(OC)cc2)cc1. The third-order valence-corrected chi connectivity index (χ3v) is 2.80. The van der Waals surface area contributed by atoms with Crippen molar-refractivity contribution in [1.29, 1.82) is 0 Å². The summed E-state index contributed by atoms with van der Waals surface area (Å²) in [5.41, 5.74) is 2.56. The van der Waals surface area contributed by atoms with Crippen molar-refractivity contribution in [2.45, 2.75) is 124 Å². The first-order chi connectivity index (χ1) is 16.8. The molecule has 0 aromatic heterocycles. The molecule has 2 aromatic rings. The summed E-state index contributed by atoms with van der Waals surface area (Å²) in [7, 11) is 1.68. The van der Waals surface area contributed by atoms with Crippen molar-refractivity contribution in [2.24, 2.45) is 0 Å². The molecule has 2 rings (SSSR count). The molecule has 0 heterocycles. The summed E-state index contributed by atoms with van der Waals surface area (Å²) in [6, 6.07) is 16.4. The predicted molar refractivity (Wildman–Crippen MR) is 164 cm³/mol. The van der Waals surface area contributed by atoms with Gasteiger partial charge in [-0.15, -0.1) is 0 Å². The van der Waals surface area contributed by atoms with Gasteiger partial charge in [-0.1, -0.05) is 135 Å². The van der Waals surface area contributed by atoms with Crippen molar-refractivity contribution in [3.8, 4) is 11.5 Å². The molecule has 0 saturated carbocycles. The quantitative estimate of drug-likeness (QED) is 0.422. The fourth-order valence-corrected chi connectivity index (χ4v) is 1.85. The van der Waals surface area contributed by atoms with E-state index < -0.39 is 0 Å². The lowest BCUT2D eigenvalue weighted by Crippen LogP contribution is -1.92. The Morgan fingerprint density at radius 3 is 0.941 bits per heavy atom. The molecule has 0 radical (unpaired) electrons. The normalized spacial score (nSPS) is 6.76. The highest BCUT2D eigenvalue weighted by Gasteiger charge is 1.98. The highest BCUT2D eigenvalue weighted by Crippen LogP contribution is 2.17. The van der Waals surface area contributed by atoms with Gasteiger partial charge in [-0.3, -0.25) is 0 Å². The van der Waals surface area contributed by atoms with Crippen LogP contribution in [0.15, 0.2) is 48.5 Å². The Kier molecular flexibility index (Phi) is 83.5. The zero-order valence-electron chi connectivity index (χ0n) is 26.8. The molecular formula is C32H66O2. The second-order valence-electron chi connectivity index (χ2n) is 4.10. The van der Waals surface area contributed by atoms with E-state index >= 15 is 0 Å². The maximum Gasteiger partial charge on any atom is 0.119 e. The van der Waals surface area contributed by atoms with Crippen molar-refractivity contribution in [1.82, 2.24) is 0 Å². The maximum atomic E-state index is 5.42. The minimum atomic E-state index is 0.706. The molecule has 0 bridgehead atoms. The van der Waals surface area contributed by atoms with Crippen LogP contribution in [0.25, 0.3) is 0 Å². The Morgan fingerprint density at radius 1 is 0.441 bits per heavy atom. The van der Waals surface area contributed by atoms with Crippen molar-refractivity contribution in [3.63, 3.8) is 0 Å². The van der Waals surface area contributed by atoms with Gasteiger partial charge in [0.1, 0.15) is 11.5 Å². The smallest absolute Gasteiger partial charge is 0.119 e. The number of methoxy groups -OCH3 is 1. The van der Waals surface area contributed by atoms with Crippen molar-refractivity contribution >= 4 is 0 Å². The number of ether oxygens (including phenoxy) is 2. The van der Waals surface area contributed by atoms with Crippen LogP contribution in [0.4, 0.5) is 0 Å². The van der Waals surface area contributed by atoms with Gasteiger partial charge in [0.05, 0.1) is 13.7 Å². The van der Waals surface area contributed by atoms with Crippen LogP contribution in [0, 0.1) is 0 Å². The van der Waals surface area contributed by atoms with Crippen LogP contribution in [0.2, 0.25) is 0 Å². The Morgan fingerprint density at radius 2 is 0.706 bits per heavy atom. The van der Waals surface area contributed by atoms with Crippen LogP contribution in [0.1, 0.15) is 129 Å². The molecule has 0 aliphatic rings. The number of hydrogen-bond acceptors (Lipinski definition) is 2. The van der Waals surface area contributed by atoms with Gasteiger partial charge in [-0.2, -0.15) is 0 Å². The van der Waals surface area contributed by atoms with Crippen LogP contribution in [-0.2, 0) is 6.42 Å². The lowest BCUT2D eigenvalue weighted by Gasteiger charge is -2.06. The van der Waals surface area contributed by atoms with Crippen molar-refractivity contribution in [2.75, 3.05) is 13.7 Å². The van der Waals surface area contributed by atoms with Gasteiger partial charge in [-0.05, 0) is 48.7 Å². The molecule has 0 atom stereocenters. The molecule has 0 amide bonds. The Labute approximate surface area is 218 Å². The first-order valence-corrected chi connectivity index (χ1v) is 14.2. The van der Waals surface area contributed by atoms with Gasteiger partial charge < -0.3 is 9.47 Å². The maximum absolute atomic E-state index is 5.42. The summed E-state index contributed by atoms with van der Waals surface area (Å²) in [6.07, 6.45) is 0.927. The van der Waals surface area contributed by atoms with Crippen LogP contribution in [-0.4, -0.2) is 13.7 Å². The summed E-state index contributed by atoms with van der Waals surface area (Å²) in [6.45, 7) is 34.7. The zero-order chi connectivity index (χ0) is 28.8. The molecule has 206 valence electrons. The summed E-state index contributed by atoms with van der Waals surface area (Å²) in [5.74, 6) is 1.82. The van der Waals surface area contributed by atoms with Crippen molar-refractivity contribution in [3.05, 3.63) is 59.7 Å². The number of benzene rings is 2. The molecule has 0 saturated heterocycles. The lowest BCUT2D eigenvalue weighted by molar-refractivity contribution is 0.340. The van der Waals surface area contributed by atoms with Gasteiger partial charge in [0.25, 0.3) is 0 Å². The van der Waals surface area contributed by atoms with E-state index in [-0.39, 0.29) is 0 Å². The Balaban J connectivity index is -0.0000000776. The molecule has 0 N–H and O–H groups in total. The average Bonchev–Trinajstić information content (AvgIpc) is 2.99. The van der Waals surface area contributed by atoms with Crippen LogP contribution in [0.3, 0.4) is 0 Å². The molecule has 2 heteroatoms. The predicted octanol–water partition coefficient (Wildman–Crippen LogP) is 11.9. The van der Waals surface area contributed by atoms with E-state index in [0.29, 0.717) is 6.61 Å². The van der Waals surface area contributed by atoms with Crippen LogP contribution in [0.5, 0.6) is 11.5 Å². The Hall–Kier alpha value is -1.96. The molecule has 0 unspecified atom stereocenters. The monoisotopic (exact) mass is 483 g/mol. The average molecular weight is 483 g/mol. The van der Waals surface area contributed by atoms with E-state index in [1.54, 1.807) is 7.11 Å². The second-order valence-corrected chi connectivity index (χ2v) is 4.10. The highest BCUT2D eigenvalue weighted by molar-refractivity contribution is 5.33. The molecule has 0 aliphatic carbocycles. The van der Waals surface area contributed by atoms with E-state index in [9.17, 15) is 0 Å². The standard InChI is InChI=1S/C16H18O2.8C2H6/c1-3-18-16-10-6-14(7-11-16)12-13-4-8-15(17-2)9-5-13;8*1-2/h4-11H,3,12H2,1-2H3;8*1-2H3. The fraction of sp³-hybridized carbons (Fsp3) is 0.625. The second kappa shape index (κ2) is 57.7. The van der Waals surface area contributed by atoms with Gasteiger partial charge in [0.2, 0.25) is 0 Å². The molecule has 0 aliphatic heterocycles. The number of hydrogen-bond donors (Lipinski definition) is 0. The van der Waals surface area contributed by atoms with Gasteiger partial charge in [0.15, 0.2) is 0 Å². The summed E-state index contributed by atoms with van der Waals surface area (Å²) in [5, 5.41) is 0. The topological polar surface area (TPSA) is 18.5 Å². The van der Waals surface area contributed by atoms with Gasteiger partial charge >= 0.3 is 0 Å². The molecule has 2 nitrogen and oxygen atoms in total. The van der Waals surface area contributed by atoms with Gasteiger partial charge in [-0.25, -0.2) is 0 Å². The summed E-state index contributed by atoms with van der Waals surface area (Å²) >= 11 is 0. The third kappa shape index (κ3) is 34.6. The minimum absolute atomic E-state index is 0.706. The molecule has 0 spiro atoms. The highest BCUT2D eigenvalue weighted by atomic mass is 16.5. The largest absolute Gasteiger partial charge is 0.497 e. The number of rotatable bonds is 5. The van der Waals surface area contributed by atoms with E-state index in [1.807, 2.05) is 142 Å². The minimum Gasteiger partial charge on any atom is -0.497 e. The Bertz CT molecular complexity index is 473. The summed E-state index contributed by atoms with van der Waals surface area (Å²) in [4.78, 5) is 0. The van der Waals surface area contributed by atoms with E-state index in [4.69, 9.17) is 9.47 Å². The van der Waals surface area contributed by atoms with Crippen molar-refractivity contribution < 1.29 is 9.47 Å². The third-order valence-electron chi connectivity index (χ3n) is 2.80.